The second-order valence-electron chi connectivity index (χ2n) is 8.59. The highest BCUT2D eigenvalue weighted by atomic mass is 32.2. The molecule has 0 spiro atoms. The lowest BCUT2D eigenvalue weighted by Crippen LogP contribution is -2.44. The van der Waals surface area contributed by atoms with Gasteiger partial charge in [0.1, 0.15) is 5.82 Å². The molecule has 1 fully saturated rings. The van der Waals surface area contributed by atoms with Crippen molar-refractivity contribution in [3.63, 3.8) is 0 Å². The Labute approximate surface area is 191 Å². The van der Waals surface area contributed by atoms with Gasteiger partial charge in [-0.2, -0.15) is 5.10 Å². The molecule has 1 amide bonds. The van der Waals surface area contributed by atoms with E-state index >= 15 is 0 Å². The van der Waals surface area contributed by atoms with Crippen LogP contribution in [0.15, 0.2) is 52.3 Å². The molecule has 3 N–H and O–H groups in total. The van der Waals surface area contributed by atoms with Gasteiger partial charge in [-0.05, 0) is 87.0 Å². The highest BCUT2D eigenvalue weighted by Gasteiger charge is 2.28. The summed E-state index contributed by atoms with van der Waals surface area (Å²) in [6.07, 6.45) is 6.60. The average Bonchev–Trinajstić information content (AvgIpc) is 3.23. The number of hydrogen-bond donors (Lipinski definition) is 3. The number of H-pyrrole nitrogens is 1. The first-order valence-corrected chi connectivity index (χ1v) is 12.1. The van der Waals surface area contributed by atoms with Crippen molar-refractivity contribution in [3.05, 3.63) is 64.4 Å². The van der Waals surface area contributed by atoms with E-state index in [0.29, 0.717) is 10.8 Å². The van der Waals surface area contributed by atoms with Crippen molar-refractivity contribution in [1.82, 2.24) is 20.8 Å². The topological polar surface area (TPSA) is 69.8 Å². The molecule has 1 atom stereocenters. The molecule has 1 saturated heterocycles. The molecule has 0 aliphatic carbocycles. The quantitative estimate of drug-likeness (QED) is 0.490. The number of nitrogens with zero attached hydrogens (tertiary/aromatic N) is 1. The van der Waals surface area contributed by atoms with Gasteiger partial charge < -0.3 is 10.6 Å². The van der Waals surface area contributed by atoms with Crippen molar-refractivity contribution in [3.8, 4) is 0 Å². The molecule has 166 valence electrons. The first-order valence-electron chi connectivity index (χ1n) is 11.3. The molecule has 5 nitrogen and oxygen atoms in total. The minimum absolute atomic E-state index is 0.0325. The second kappa shape index (κ2) is 9.46. The zero-order valence-electron chi connectivity index (χ0n) is 17.9. The molecule has 0 saturated carbocycles. The zero-order chi connectivity index (χ0) is 21.9. The number of hydrogen-bond acceptors (Lipinski definition) is 4. The molecule has 2 aromatic carbocycles. The third kappa shape index (κ3) is 4.59. The molecule has 1 aromatic heterocycles. The number of benzene rings is 2. The van der Waals surface area contributed by atoms with Crippen LogP contribution in [0.3, 0.4) is 0 Å². The number of carbonyl (C=O) groups excluding carboxylic acids is 1. The minimum atomic E-state index is -0.195. The third-order valence-electron chi connectivity index (χ3n) is 6.43. The molecule has 32 heavy (non-hydrogen) atoms. The number of amides is 1. The Bertz CT molecular complexity index is 1150. The number of thioether (sulfide) groups is 1. The number of rotatable bonds is 7. The summed E-state index contributed by atoms with van der Waals surface area (Å²) in [7, 11) is 0. The Kier molecular flexibility index (Phi) is 6.28. The maximum Gasteiger partial charge on any atom is 0.258 e. The van der Waals surface area contributed by atoms with Crippen LogP contribution in [-0.2, 0) is 11.2 Å². The summed E-state index contributed by atoms with van der Waals surface area (Å²) >= 11 is 1.51. The first kappa shape index (κ1) is 21.2. The van der Waals surface area contributed by atoms with Gasteiger partial charge in [-0.15, -0.1) is 0 Å². The number of aromatic amines is 1. The standard InChI is InChI=1S/C25H27FN4OS/c26-18-6-1-4-16(14-18)5-2-7-19(17-10-12-27-13-11-17)28-25(31)23-15-21-24-20(29-30-21)8-3-9-22(24)32-23/h1,3-4,6,8-9,14-15,17,19,27H,2,5,7,10-13H2,(H,28,31)(H,29,30). The molecule has 0 bridgehead atoms. The van der Waals surface area contributed by atoms with E-state index in [9.17, 15) is 9.18 Å². The fourth-order valence-corrected chi connectivity index (χ4v) is 5.79. The summed E-state index contributed by atoms with van der Waals surface area (Å²) in [5, 5.41) is 15.3. The summed E-state index contributed by atoms with van der Waals surface area (Å²) in [6, 6.07) is 12.9. The molecule has 3 heterocycles. The summed E-state index contributed by atoms with van der Waals surface area (Å²) in [5.41, 5.74) is 2.82. The van der Waals surface area contributed by atoms with E-state index in [1.807, 2.05) is 30.3 Å². The predicted octanol–water partition coefficient (Wildman–Crippen LogP) is 4.66. The molecule has 3 aromatic rings. The molecular formula is C25H27FN4OS. The van der Waals surface area contributed by atoms with Gasteiger partial charge in [0, 0.05) is 16.3 Å². The predicted molar refractivity (Wildman–Crippen MR) is 127 cm³/mol. The minimum Gasteiger partial charge on any atom is -0.349 e. The normalized spacial score (nSPS) is 17.2. The number of piperidine rings is 1. The fraction of sp³-hybridized carbons (Fsp3) is 0.360. The number of nitrogens with one attached hydrogen (secondary N) is 3. The molecule has 2 aliphatic rings. The Hall–Kier alpha value is -2.64. The zero-order valence-corrected chi connectivity index (χ0v) is 18.7. The lowest BCUT2D eigenvalue weighted by atomic mass is 9.86. The maximum atomic E-state index is 13.5. The Morgan fingerprint density at radius 3 is 2.91 bits per heavy atom. The number of carbonyl (C=O) groups is 1. The van der Waals surface area contributed by atoms with Crippen molar-refractivity contribution < 1.29 is 9.18 Å². The van der Waals surface area contributed by atoms with Gasteiger partial charge in [0.25, 0.3) is 5.91 Å². The molecule has 0 radical (unpaired) electrons. The van der Waals surface area contributed by atoms with Crippen molar-refractivity contribution in [2.75, 3.05) is 13.1 Å². The van der Waals surface area contributed by atoms with E-state index in [-0.39, 0.29) is 17.8 Å². The van der Waals surface area contributed by atoms with Crippen molar-refractivity contribution in [1.29, 1.82) is 0 Å². The molecule has 5 rings (SSSR count). The van der Waals surface area contributed by atoms with Gasteiger partial charge in [-0.1, -0.05) is 30.0 Å². The largest absolute Gasteiger partial charge is 0.349 e. The van der Waals surface area contributed by atoms with Crippen molar-refractivity contribution in [2.24, 2.45) is 5.92 Å². The monoisotopic (exact) mass is 450 g/mol. The van der Waals surface area contributed by atoms with Crippen LogP contribution >= 0.6 is 11.8 Å². The van der Waals surface area contributed by atoms with Crippen LogP contribution in [0.5, 0.6) is 0 Å². The lowest BCUT2D eigenvalue weighted by Gasteiger charge is -2.32. The van der Waals surface area contributed by atoms with Gasteiger partial charge in [0.2, 0.25) is 0 Å². The first-order chi connectivity index (χ1) is 15.7. The fourth-order valence-electron chi connectivity index (χ4n) is 4.77. The van der Waals surface area contributed by atoms with E-state index < -0.39 is 0 Å². The van der Waals surface area contributed by atoms with Gasteiger partial charge in [-0.25, -0.2) is 4.39 Å². The SMILES string of the molecule is O=C(NC(CCCc1cccc(F)c1)C1CCNCC1)C1=Cc2n[nH]c3cccc(c23)S1. The smallest absolute Gasteiger partial charge is 0.258 e. The Balaban J connectivity index is 1.28. The number of halogens is 1. The molecule has 2 aliphatic heterocycles. The van der Waals surface area contributed by atoms with Crippen LogP contribution in [0.25, 0.3) is 17.0 Å². The van der Waals surface area contributed by atoms with Crippen molar-refractivity contribution in [2.45, 2.75) is 43.0 Å². The van der Waals surface area contributed by atoms with E-state index in [4.69, 9.17) is 0 Å². The summed E-state index contributed by atoms with van der Waals surface area (Å²) in [4.78, 5) is 15.0. The van der Waals surface area contributed by atoms with E-state index in [2.05, 4.69) is 20.8 Å². The van der Waals surface area contributed by atoms with Crippen LogP contribution in [-0.4, -0.2) is 35.2 Å². The van der Waals surface area contributed by atoms with Gasteiger partial charge in [0.15, 0.2) is 0 Å². The maximum absolute atomic E-state index is 13.5. The van der Waals surface area contributed by atoms with Gasteiger partial charge >= 0.3 is 0 Å². The summed E-state index contributed by atoms with van der Waals surface area (Å²) in [5.74, 6) is 0.223. The molecular weight excluding hydrogens is 423 g/mol. The van der Waals surface area contributed by atoms with Crippen LogP contribution in [0.1, 0.15) is 36.9 Å². The van der Waals surface area contributed by atoms with Crippen LogP contribution < -0.4 is 10.6 Å². The van der Waals surface area contributed by atoms with Crippen LogP contribution in [0.4, 0.5) is 4.39 Å². The average molecular weight is 451 g/mol. The number of aryl methyl sites for hydroxylation is 1. The van der Waals surface area contributed by atoms with Gasteiger partial charge in [-0.3, -0.25) is 9.89 Å². The Morgan fingerprint density at radius 2 is 2.06 bits per heavy atom. The van der Waals surface area contributed by atoms with Gasteiger partial charge in [0.05, 0.1) is 16.1 Å². The summed E-state index contributed by atoms with van der Waals surface area (Å²) < 4.78 is 13.5. The third-order valence-corrected chi connectivity index (χ3v) is 7.51. The second-order valence-corrected chi connectivity index (χ2v) is 9.67. The molecule has 7 heteroatoms. The van der Waals surface area contributed by atoms with Crippen LogP contribution in [0.2, 0.25) is 0 Å². The highest BCUT2D eigenvalue weighted by molar-refractivity contribution is 8.04. The lowest BCUT2D eigenvalue weighted by molar-refractivity contribution is -0.117. The summed E-state index contributed by atoms with van der Waals surface area (Å²) in [6.45, 7) is 1.97. The Morgan fingerprint density at radius 1 is 1.22 bits per heavy atom. The van der Waals surface area contributed by atoms with E-state index in [1.165, 1.54) is 17.8 Å². The van der Waals surface area contributed by atoms with Crippen LogP contribution in [0, 0.1) is 11.7 Å². The molecule has 1 unspecified atom stereocenters. The van der Waals surface area contributed by atoms with E-state index in [0.717, 1.165) is 72.2 Å². The number of aromatic nitrogens is 2. The van der Waals surface area contributed by atoms with E-state index in [1.54, 1.807) is 12.1 Å². The highest BCUT2D eigenvalue weighted by Crippen LogP contribution is 2.40. The van der Waals surface area contributed by atoms with Crippen molar-refractivity contribution >= 4 is 34.6 Å².